The molecule has 1 N–H and O–H groups in total. The minimum absolute atomic E-state index is 0.0539. The van der Waals surface area contributed by atoms with E-state index in [1.165, 1.54) is 11.3 Å². The lowest BCUT2D eigenvalue weighted by molar-refractivity contribution is -0.129. The van der Waals surface area contributed by atoms with Crippen molar-refractivity contribution in [3.63, 3.8) is 0 Å². The van der Waals surface area contributed by atoms with Crippen molar-refractivity contribution in [1.82, 2.24) is 10.2 Å². The molecule has 0 aliphatic rings. The van der Waals surface area contributed by atoms with Crippen LogP contribution in [-0.4, -0.2) is 37.4 Å². The standard InChI is InChI=1S/C24H26N2O4S/c1-17-9-12-22(31-17)24(28)25-14-23(27)26(2)15-19-10-11-20(21(13-19)29-3)30-16-18-7-5-4-6-8-18/h4-13H,14-16H2,1-3H3,(H,25,28). The third-order valence-electron chi connectivity index (χ3n) is 4.68. The van der Waals surface area contributed by atoms with Crippen molar-refractivity contribution in [2.75, 3.05) is 20.7 Å². The smallest absolute Gasteiger partial charge is 0.261 e. The summed E-state index contributed by atoms with van der Waals surface area (Å²) in [6.07, 6.45) is 0. The van der Waals surface area contributed by atoms with Gasteiger partial charge in [-0.3, -0.25) is 9.59 Å². The molecule has 0 spiro atoms. The van der Waals surface area contributed by atoms with Gasteiger partial charge in [0.1, 0.15) is 6.61 Å². The first kappa shape index (κ1) is 22.4. The molecule has 7 heteroatoms. The molecule has 31 heavy (non-hydrogen) atoms. The molecule has 1 heterocycles. The van der Waals surface area contributed by atoms with Crippen LogP contribution in [0.3, 0.4) is 0 Å². The number of rotatable bonds is 9. The van der Waals surface area contributed by atoms with E-state index >= 15 is 0 Å². The maximum Gasteiger partial charge on any atom is 0.261 e. The fourth-order valence-electron chi connectivity index (χ4n) is 2.96. The molecule has 0 saturated heterocycles. The van der Waals surface area contributed by atoms with Crippen LogP contribution in [0, 0.1) is 6.92 Å². The molecule has 6 nitrogen and oxygen atoms in total. The fraction of sp³-hybridized carbons (Fsp3) is 0.250. The number of aryl methyl sites for hydroxylation is 1. The van der Waals surface area contributed by atoms with Gasteiger partial charge >= 0.3 is 0 Å². The Morgan fingerprint density at radius 3 is 2.45 bits per heavy atom. The number of likely N-dealkylation sites (N-methyl/N-ethyl adjacent to an activating group) is 1. The zero-order valence-electron chi connectivity index (χ0n) is 17.9. The van der Waals surface area contributed by atoms with E-state index in [9.17, 15) is 9.59 Å². The molecule has 0 aliphatic carbocycles. The van der Waals surface area contributed by atoms with Crippen molar-refractivity contribution in [3.8, 4) is 11.5 Å². The maximum atomic E-state index is 12.4. The summed E-state index contributed by atoms with van der Waals surface area (Å²) in [5.74, 6) is 0.838. The van der Waals surface area contributed by atoms with Crippen LogP contribution in [-0.2, 0) is 17.9 Å². The third kappa shape index (κ3) is 6.33. The Bertz CT molecular complexity index is 1030. The number of amides is 2. The summed E-state index contributed by atoms with van der Waals surface area (Å²) in [5.41, 5.74) is 1.97. The number of carbonyl (C=O) groups excluding carboxylic acids is 2. The highest BCUT2D eigenvalue weighted by Gasteiger charge is 2.14. The fourth-order valence-corrected chi connectivity index (χ4v) is 3.75. The molecule has 0 atom stereocenters. The van der Waals surface area contributed by atoms with Crippen molar-refractivity contribution >= 4 is 23.2 Å². The van der Waals surface area contributed by atoms with Crippen LogP contribution in [0.25, 0.3) is 0 Å². The topological polar surface area (TPSA) is 67.9 Å². The molecule has 0 radical (unpaired) electrons. The number of benzene rings is 2. The highest BCUT2D eigenvalue weighted by atomic mass is 32.1. The Hall–Kier alpha value is -3.32. The molecule has 162 valence electrons. The molecule has 3 rings (SSSR count). The van der Waals surface area contributed by atoms with Gasteiger partial charge in [0.15, 0.2) is 11.5 Å². The zero-order valence-corrected chi connectivity index (χ0v) is 18.7. The predicted octanol–water partition coefficient (Wildman–Crippen LogP) is 4.03. The first-order valence-corrected chi connectivity index (χ1v) is 10.7. The van der Waals surface area contributed by atoms with Crippen LogP contribution >= 0.6 is 11.3 Å². The lowest BCUT2D eigenvalue weighted by Gasteiger charge is -2.19. The number of ether oxygens (including phenoxy) is 2. The molecule has 0 aliphatic heterocycles. The zero-order chi connectivity index (χ0) is 22.2. The molecule has 0 bridgehead atoms. The molecule has 2 amide bonds. The summed E-state index contributed by atoms with van der Waals surface area (Å²) in [5, 5.41) is 2.68. The maximum absolute atomic E-state index is 12.4. The number of hydrogen-bond donors (Lipinski definition) is 1. The second-order valence-corrected chi connectivity index (χ2v) is 8.39. The van der Waals surface area contributed by atoms with E-state index in [0.29, 0.717) is 29.5 Å². The molecule has 0 unspecified atom stereocenters. The highest BCUT2D eigenvalue weighted by molar-refractivity contribution is 7.13. The lowest BCUT2D eigenvalue weighted by Crippen LogP contribution is -2.37. The van der Waals surface area contributed by atoms with Crippen molar-refractivity contribution in [2.24, 2.45) is 0 Å². The minimum atomic E-state index is -0.235. The molecule has 3 aromatic rings. The number of hydrogen-bond acceptors (Lipinski definition) is 5. The van der Waals surface area contributed by atoms with Crippen LogP contribution in [0.2, 0.25) is 0 Å². The SMILES string of the molecule is COc1cc(CN(C)C(=O)CNC(=O)c2ccc(C)s2)ccc1OCc1ccccc1. The Labute approximate surface area is 186 Å². The van der Waals surface area contributed by atoms with Crippen molar-refractivity contribution in [3.05, 3.63) is 81.5 Å². The summed E-state index contributed by atoms with van der Waals surface area (Å²) in [4.78, 5) is 27.8. The second-order valence-electron chi connectivity index (χ2n) is 7.10. The molecular formula is C24H26N2O4S. The number of methoxy groups -OCH3 is 1. The van der Waals surface area contributed by atoms with Crippen molar-refractivity contribution in [2.45, 2.75) is 20.1 Å². The number of nitrogens with zero attached hydrogens (tertiary/aromatic N) is 1. The highest BCUT2D eigenvalue weighted by Crippen LogP contribution is 2.29. The van der Waals surface area contributed by atoms with Gasteiger partial charge in [0.05, 0.1) is 18.5 Å². The van der Waals surface area contributed by atoms with E-state index in [4.69, 9.17) is 9.47 Å². The van der Waals surface area contributed by atoms with Gasteiger partial charge in [-0.1, -0.05) is 36.4 Å². The number of carbonyl (C=O) groups is 2. The van der Waals surface area contributed by atoms with E-state index in [0.717, 1.165) is 16.0 Å². The van der Waals surface area contributed by atoms with Crippen LogP contribution in [0.5, 0.6) is 11.5 Å². The van der Waals surface area contributed by atoms with E-state index < -0.39 is 0 Å². The number of thiophene rings is 1. The predicted molar refractivity (Wildman–Crippen MR) is 122 cm³/mol. The lowest BCUT2D eigenvalue weighted by atomic mass is 10.2. The largest absolute Gasteiger partial charge is 0.493 e. The third-order valence-corrected chi connectivity index (χ3v) is 5.67. The van der Waals surface area contributed by atoms with Crippen LogP contribution in [0.15, 0.2) is 60.7 Å². The van der Waals surface area contributed by atoms with Crippen molar-refractivity contribution < 1.29 is 19.1 Å². The monoisotopic (exact) mass is 438 g/mol. The number of nitrogens with one attached hydrogen (secondary N) is 1. The van der Waals surface area contributed by atoms with E-state index in [2.05, 4.69) is 5.32 Å². The summed E-state index contributed by atoms with van der Waals surface area (Å²) < 4.78 is 11.3. The normalized spacial score (nSPS) is 10.4. The van der Waals surface area contributed by atoms with Gasteiger partial charge in [0.2, 0.25) is 5.91 Å². The Morgan fingerprint density at radius 1 is 1.00 bits per heavy atom. The Morgan fingerprint density at radius 2 is 1.77 bits per heavy atom. The van der Waals surface area contributed by atoms with E-state index in [1.54, 1.807) is 25.1 Å². The first-order valence-electron chi connectivity index (χ1n) is 9.88. The summed E-state index contributed by atoms with van der Waals surface area (Å²) in [6.45, 7) is 2.72. The molecule has 0 saturated carbocycles. The molecule has 2 aromatic carbocycles. The first-order chi connectivity index (χ1) is 15.0. The van der Waals surface area contributed by atoms with Crippen molar-refractivity contribution in [1.29, 1.82) is 0 Å². The average molecular weight is 439 g/mol. The Balaban J connectivity index is 1.54. The molecule has 1 aromatic heterocycles. The summed E-state index contributed by atoms with van der Waals surface area (Å²) in [6, 6.07) is 19.1. The van der Waals surface area contributed by atoms with E-state index in [1.807, 2.05) is 61.5 Å². The van der Waals surface area contributed by atoms with Crippen LogP contribution < -0.4 is 14.8 Å². The van der Waals surface area contributed by atoms with Gasteiger partial charge in [-0.05, 0) is 42.3 Å². The second kappa shape index (κ2) is 10.6. The van der Waals surface area contributed by atoms with Gasteiger partial charge in [-0.15, -0.1) is 11.3 Å². The van der Waals surface area contributed by atoms with Gasteiger partial charge in [0, 0.05) is 18.5 Å². The van der Waals surface area contributed by atoms with Gasteiger partial charge in [-0.25, -0.2) is 0 Å². The van der Waals surface area contributed by atoms with Crippen LogP contribution in [0.4, 0.5) is 0 Å². The van der Waals surface area contributed by atoms with Gasteiger partial charge in [0.25, 0.3) is 5.91 Å². The molecular weight excluding hydrogens is 412 g/mol. The molecule has 0 fully saturated rings. The van der Waals surface area contributed by atoms with Crippen LogP contribution in [0.1, 0.15) is 25.7 Å². The Kier molecular flexibility index (Phi) is 7.67. The van der Waals surface area contributed by atoms with E-state index in [-0.39, 0.29) is 18.4 Å². The minimum Gasteiger partial charge on any atom is -0.493 e. The quantitative estimate of drug-likeness (QED) is 0.548. The van der Waals surface area contributed by atoms with Gasteiger partial charge in [-0.2, -0.15) is 0 Å². The summed E-state index contributed by atoms with van der Waals surface area (Å²) in [7, 11) is 3.29. The van der Waals surface area contributed by atoms with Gasteiger partial charge < -0.3 is 19.7 Å². The average Bonchev–Trinajstić information content (AvgIpc) is 3.23. The summed E-state index contributed by atoms with van der Waals surface area (Å²) >= 11 is 1.40.